The Kier molecular flexibility index (Phi) is 10.6. The number of hydrogen-bond acceptors (Lipinski definition) is 8. The predicted octanol–water partition coefficient (Wildman–Crippen LogP) is 1.70. The first-order valence-electron chi connectivity index (χ1n) is 11.0. The minimum Gasteiger partial charge on any atom is -0.491 e. The van der Waals surface area contributed by atoms with Crippen LogP contribution in [0.1, 0.15) is 38.7 Å². The number of aliphatic hydroxyl groups excluding tert-OH is 1. The van der Waals surface area contributed by atoms with Gasteiger partial charge in [0.15, 0.2) is 0 Å². The largest absolute Gasteiger partial charge is 0.491 e. The van der Waals surface area contributed by atoms with Crippen molar-refractivity contribution in [2.75, 3.05) is 36.9 Å². The molecular formula is C22H34N6O5. The van der Waals surface area contributed by atoms with Gasteiger partial charge in [0.05, 0.1) is 0 Å². The second-order valence-corrected chi connectivity index (χ2v) is 7.91. The van der Waals surface area contributed by atoms with Crippen molar-refractivity contribution in [1.29, 1.82) is 0 Å². The van der Waals surface area contributed by atoms with Crippen molar-refractivity contribution < 1.29 is 24.5 Å². The molecule has 2 heterocycles. The van der Waals surface area contributed by atoms with Gasteiger partial charge in [0, 0.05) is 34.0 Å². The molecule has 1 fully saturated rings. The van der Waals surface area contributed by atoms with Gasteiger partial charge in [-0.1, -0.05) is 18.6 Å². The molecule has 1 saturated heterocycles. The topological polar surface area (TPSA) is 142 Å². The highest BCUT2D eigenvalue weighted by atomic mass is 16.5. The number of hydrogen-bond donors (Lipinski definition) is 4. The van der Waals surface area contributed by atoms with Crippen molar-refractivity contribution in [2.24, 2.45) is 7.05 Å². The van der Waals surface area contributed by atoms with Crippen LogP contribution >= 0.6 is 0 Å². The lowest BCUT2D eigenvalue weighted by atomic mass is 10.1. The lowest BCUT2D eigenvalue weighted by Crippen LogP contribution is -2.29. The summed E-state index contributed by atoms with van der Waals surface area (Å²) >= 11 is 0. The maximum absolute atomic E-state index is 11.1. The Balaban J connectivity index is 0.000000890. The first-order valence-corrected chi connectivity index (χ1v) is 11.0. The maximum Gasteiger partial charge on any atom is 0.300 e. The Morgan fingerprint density at radius 3 is 2.58 bits per heavy atom. The third-order valence-corrected chi connectivity index (χ3v) is 4.74. The van der Waals surface area contributed by atoms with Crippen LogP contribution in [0.4, 0.5) is 11.9 Å². The standard InChI is InChI=1S/C20H30N6O3.C2H4O2/c1-15(27)22-19-23-20(25(2)24-19)21-12-17(28)14-29-18-8-6-7-16(11-18)13-26-9-4-3-5-10-26;1-2(3)4/h6-8,11,17,28H,3-5,9-10,12-14H2,1-2H3,(H2,21,22,23,24,27);1H3,(H,3,4). The Morgan fingerprint density at radius 2 is 1.91 bits per heavy atom. The molecule has 1 atom stereocenters. The number of piperidine rings is 1. The smallest absolute Gasteiger partial charge is 0.300 e. The van der Waals surface area contributed by atoms with Crippen LogP contribution in [0, 0.1) is 0 Å². The fourth-order valence-electron chi connectivity index (χ4n) is 3.32. The first kappa shape index (κ1) is 26.1. The van der Waals surface area contributed by atoms with E-state index in [2.05, 4.69) is 31.7 Å². The van der Waals surface area contributed by atoms with E-state index < -0.39 is 12.1 Å². The third-order valence-electron chi connectivity index (χ3n) is 4.74. The number of aryl methyl sites for hydroxylation is 1. The van der Waals surface area contributed by atoms with Gasteiger partial charge in [-0.15, -0.1) is 5.10 Å². The molecule has 1 unspecified atom stereocenters. The molecule has 182 valence electrons. The van der Waals surface area contributed by atoms with Crippen LogP contribution in [0.5, 0.6) is 5.75 Å². The minimum absolute atomic E-state index is 0.163. The van der Waals surface area contributed by atoms with E-state index in [9.17, 15) is 9.90 Å². The van der Waals surface area contributed by atoms with Crippen molar-refractivity contribution in [3.05, 3.63) is 29.8 Å². The Bertz CT molecular complexity index is 893. The molecule has 11 heteroatoms. The summed E-state index contributed by atoms with van der Waals surface area (Å²) in [5.74, 6) is 0.360. The number of nitrogens with one attached hydrogen (secondary N) is 2. The van der Waals surface area contributed by atoms with Gasteiger partial charge in [0.1, 0.15) is 18.5 Å². The number of anilines is 2. The van der Waals surface area contributed by atoms with Crippen LogP contribution in [0.25, 0.3) is 0 Å². The predicted molar refractivity (Wildman–Crippen MR) is 124 cm³/mol. The Morgan fingerprint density at radius 1 is 1.21 bits per heavy atom. The van der Waals surface area contributed by atoms with Crippen LogP contribution in [0.15, 0.2) is 24.3 Å². The molecule has 33 heavy (non-hydrogen) atoms. The highest BCUT2D eigenvalue weighted by Gasteiger charge is 2.13. The van der Waals surface area contributed by atoms with E-state index in [-0.39, 0.29) is 25.0 Å². The molecule has 1 aromatic carbocycles. The Hall–Kier alpha value is -3.18. The summed E-state index contributed by atoms with van der Waals surface area (Å²) in [5.41, 5.74) is 1.22. The average Bonchev–Trinajstić information content (AvgIpc) is 3.09. The molecule has 0 radical (unpaired) electrons. The zero-order valence-corrected chi connectivity index (χ0v) is 19.5. The fraction of sp³-hybridized carbons (Fsp3) is 0.545. The number of likely N-dealkylation sites (tertiary alicyclic amines) is 1. The number of aliphatic hydroxyl groups is 1. The number of ether oxygens (including phenoxy) is 1. The molecule has 2 aromatic rings. The van der Waals surface area contributed by atoms with Gasteiger partial charge in [-0.2, -0.15) is 4.98 Å². The molecular weight excluding hydrogens is 428 g/mol. The maximum atomic E-state index is 11.1. The number of aromatic nitrogens is 3. The summed E-state index contributed by atoms with van der Waals surface area (Å²) in [6.45, 7) is 6.13. The minimum atomic E-state index is -0.833. The number of carboxylic acids is 1. The van der Waals surface area contributed by atoms with E-state index in [1.165, 1.54) is 36.4 Å². The van der Waals surface area contributed by atoms with Crippen LogP contribution in [0.2, 0.25) is 0 Å². The van der Waals surface area contributed by atoms with Crippen molar-refractivity contribution >= 4 is 23.8 Å². The van der Waals surface area contributed by atoms with Gasteiger partial charge in [-0.3, -0.25) is 19.8 Å². The molecule has 3 rings (SSSR count). The number of carboxylic acid groups (broad SMARTS) is 1. The van der Waals surface area contributed by atoms with E-state index >= 15 is 0 Å². The van der Waals surface area contributed by atoms with Gasteiger partial charge in [0.2, 0.25) is 11.9 Å². The number of carbonyl (C=O) groups is 2. The monoisotopic (exact) mass is 462 g/mol. The summed E-state index contributed by atoms with van der Waals surface area (Å²) in [6, 6.07) is 8.04. The molecule has 0 spiro atoms. The van der Waals surface area contributed by atoms with Crippen LogP contribution in [-0.2, 0) is 23.2 Å². The number of nitrogens with zero attached hydrogens (tertiary/aromatic N) is 4. The molecule has 1 aliphatic heterocycles. The van der Waals surface area contributed by atoms with Crippen molar-refractivity contribution in [3.63, 3.8) is 0 Å². The zero-order chi connectivity index (χ0) is 24.2. The van der Waals surface area contributed by atoms with Gasteiger partial charge >= 0.3 is 0 Å². The summed E-state index contributed by atoms with van der Waals surface area (Å²) in [4.78, 5) is 26.7. The lowest BCUT2D eigenvalue weighted by molar-refractivity contribution is -0.134. The highest BCUT2D eigenvalue weighted by Crippen LogP contribution is 2.18. The van der Waals surface area contributed by atoms with Crippen LogP contribution in [-0.4, -0.2) is 74.1 Å². The van der Waals surface area contributed by atoms with E-state index in [0.717, 1.165) is 32.3 Å². The molecule has 4 N–H and O–H groups in total. The first-order chi connectivity index (χ1) is 15.7. The Labute approximate surface area is 193 Å². The molecule has 0 aliphatic carbocycles. The van der Waals surface area contributed by atoms with Crippen LogP contribution in [0.3, 0.4) is 0 Å². The van der Waals surface area contributed by atoms with Crippen molar-refractivity contribution in [3.8, 4) is 5.75 Å². The fourth-order valence-corrected chi connectivity index (χ4v) is 3.32. The second kappa shape index (κ2) is 13.4. The quantitative estimate of drug-likeness (QED) is 0.438. The molecule has 0 bridgehead atoms. The lowest BCUT2D eigenvalue weighted by Gasteiger charge is -2.26. The summed E-state index contributed by atoms with van der Waals surface area (Å²) in [7, 11) is 1.71. The number of rotatable bonds is 9. The van der Waals surface area contributed by atoms with Crippen LogP contribution < -0.4 is 15.4 Å². The number of benzene rings is 1. The summed E-state index contributed by atoms with van der Waals surface area (Å²) < 4.78 is 7.27. The van der Waals surface area contributed by atoms with E-state index in [1.807, 2.05) is 18.2 Å². The SMILES string of the molecule is CC(=O)Nc1nc(NCC(O)COc2cccc(CN3CCCCC3)c2)n(C)n1.CC(=O)O. The summed E-state index contributed by atoms with van der Waals surface area (Å²) in [6.07, 6.45) is 3.15. The third kappa shape index (κ3) is 10.3. The number of aliphatic carboxylic acids is 1. The normalized spacial score (nSPS) is 14.5. The van der Waals surface area contributed by atoms with Gasteiger partial charge < -0.3 is 20.3 Å². The van der Waals surface area contributed by atoms with Gasteiger partial charge in [-0.25, -0.2) is 4.68 Å². The molecule has 1 amide bonds. The number of amides is 1. The van der Waals surface area contributed by atoms with Gasteiger partial charge in [0.25, 0.3) is 11.9 Å². The average molecular weight is 463 g/mol. The van der Waals surface area contributed by atoms with Crippen molar-refractivity contribution in [2.45, 2.75) is 45.8 Å². The second-order valence-electron chi connectivity index (χ2n) is 7.91. The van der Waals surface area contributed by atoms with Crippen molar-refractivity contribution in [1.82, 2.24) is 19.7 Å². The molecule has 1 aromatic heterocycles. The molecule has 0 saturated carbocycles. The zero-order valence-electron chi connectivity index (χ0n) is 19.5. The summed E-state index contributed by atoms with van der Waals surface area (Å²) in [5, 5.41) is 27.2. The number of carbonyl (C=O) groups excluding carboxylic acids is 1. The van der Waals surface area contributed by atoms with E-state index in [0.29, 0.717) is 5.95 Å². The van der Waals surface area contributed by atoms with E-state index in [1.54, 1.807) is 7.05 Å². The molecule has 1 aliphatic rings. The van der Waals surface area contributed by atoms with E-state index in [4.69, 9.17) is 14.6 Å². The molecule has 11 nitrogen and oxygen atoms in total. The highest BCUT2D eigenvalue weighted by molar-refractivity contribution is 5.86. The van der Waals surface area contributed by atoms with Gasteiger partial charge in [-0.05, 0) is 43.6 Å².